The Kier molecular flexibility index (Phi) is 3.80. The maximum Gasteiger partial charge on any atom is 0.266 e. The number of aryl methyl sites for hydroxylation is 2. The average Bonchev–Trinajstić information content (AvgIpc) is 2.70. The third-order valence-electron chi connectivity index (χ3n) is 2.74. The summed E-state index contributed by atoms with van der Waals surface area (Å²) in [6.07, 6.45) is 1.44. The highest BCUT2D eigenvalue weighted by Crippen LogP contribution is 2.21. The summed E-state index contributed by atoms with van der Waals surface area (Å²) in [5.41, 5.74) is 1.13. The van der Waals surface area contributed by atoms with Gasteiger partial charge in [-0.3, -0.25) is 4.79 Å². The van der Waals surface area contributed by atoms with Gasteiger partial charge in [-0.15, -0.1) is 11.3 Å². The highest BCUT2D eigenvalue weighted by atomic mass is 32.1. The van der Waals surface area contributed by atoms with Crippen molar-refractivity contribution in [2.75, 3.05) is 24.3 Å². The van der Waals surface area contributed by atoms with Gasteiger partial charge in [0.1, 0.15) is 18.0 Å². The molecule has 1 amide bonds. The predicted molar refractivity (Wildman–Crippen MR) is 78.1 cm³/mol. The van der Waals surface area contributed by atoms with Gasteiger partial charge in [-0.05, 0) is 25.5 Å². The monoisotopic (exact) mass is 276 g/mol. The van der Waals surface area contributed by atoms with Crippen LogP contribution in [0.1, 0.15) is 20.1 Å². The van der Waals surface area contributed by atoms with Gasteiger partial charge < -0.3 is 10.2 Å². The van der Waals surface area contributed by atoms with E-state index in [1.165, 1.54) is 17.7 Å². The Morgan fingerprint density at radius 3 is 2.58 bits per heavy atom. The second-order valence-electron chi connectivity index (χ2n) is 4.46. The van der Waals surface area contributed by atoms with E-state index in [0.717, 1.165) is 16.3 Å². The summed E-state index contributed by atoms with van der Waals surface area (Å²) >= 11 is 1.49. The minimum atomic E-state index is -0.135. The van der Waals surface area contributed by atoms with Crippen LogP contribution >= 0.6 is 11.3 Å². The summed E-state index contributed by atoms with van der Waals surface area (Å²) in [6, 6.07) is 3.63. The summed E-state index contributed by atoms with van der Waals surface area (Å²) in [6.45, 7) is 4.00. The fourth-order valence-corrected chi connectivity index (χ4v) is 2.45. The van der Waals surface area contributed by atoms with E-state index in [4.69, 9.17) is 0 Å². The molecule has 0 atom stereocenters. The van der Waals surface area contributed by atoms with Gasteiger partial charge in [-0.2, -0.15) is 0 Å². The molecule has 0 fully saturated rings. The minimum absolute atomic E-state index is 0.135. The quantitative estimate of drug-likeness (QED) is 0.935. The van der Waals surface area contributed by atoms with Crippen molar-refractivity contribution in [2.45, 2.75) is 13.8 Å². The molecule has 2 aromatic rings. The van der Waals surface area contributed by atoms with Gasteiger partial charge in [-0.25, -0.2) is 9.97 Å². The molecule has 6 heteroatoms. The molecule has 0 aromatic carbocycles. The highest BCUT2D eigenvalue weighted by molar-refractivity contribution is 7.14. The summed E-state index contributed by atoms with van der Waals surface area (Å²) < 4.78 is 0. The number of carbonyl (C=O) groups is 1. The number of aromatic nitrogens is 2. The molecule has 2 rings (SSSR count). The van der Waals surface area contributed by atoms with Crippen LogP contribution in [0.15, 0.2) is 18.5 Å². The van der Waals surface area contributed by atoms with Gasteiger partial charge in [0.25, 0.3) is 5.91 Å². The minimum Gasteiger partial charge on any atom is -0.363 e. The zero-order valence-corrected chi connectivity index (χ0v) is 12.2. The van der Waals surface area contributed by atoms with Gasteiger partial charge >= 0.3 is 0 Å². The third kappa shape index (κ3) is 3.08. The van der Waals surface area contributed by atoms with Crippen LogP contribution in [0.25, 0.3) is 0 Å². The summed E-state index contributed by atoms with van der Waals surface area (Å²) in [5.74, 6) is 1.13. The number of hydrogen-bond donors (Lipinski definition) is 1. The van der Waals surface area contributed by atoms with Crippen molar-refractivity contribution in [3.8, 4) is 0 Å². The maximum absolute atomic E-state index is 12.1. The normalized spacial score (nSPS) is 10.3. The van der Waals surface area contributed by atoms with Crippen LogP contribution in [0.5, 0.6) is 0 Å². The topological polar surface area (TPSA) is 58.1 Å². The number of nitrogens with one attached hydrogen (secondary N) is 1. The maximum atomic E-state index is 12.1. The molecule has 0 radical (unpaired) electrons. The second kappa shape index (κ2) is 5.36. The molecule has 2 aromatic heterocycles. The number of hydrogen-bond acceptors (Lipinski definition) is 5. The van der Waals surface area contributed by atoms with Gasteiger partial charge in [0.2, 0.25) is 0 Å². The van der Waals surface area contributed by atoms with E-state index in [1.54, 1.807) is 6.07 Å². The predicted octanol–water partition coefficient (Wildman–Crippen LogP) is 2.47. The van der Waals surface area contributed by atoms with Gasteiger partial charge in [-0.1, -0.05) is 0 Å². The van der Waals surface area contributed by atoms with E-state index >= 15 is 0 Å². The van der Waals surface area contributed by atoms with E-state index in [9.17, 15) is 4.79 Å². The van der Waals surface area contributed by atoms with Crippen molar-refractivity contribution in [3.05, 3.63) is 33.8 Å². The molecule has 100 valence electrons. The molecule has 1 N–H and O–H groups in total. The van der Waals surface area contributed by atoms with E-state index in [2.05, 4.69) is 15.3 Å². The number of thiophene rings is 1. The standard InChI is InChI=1S/C13H16N4OS/c1-8-5-10(19-9(8)2)13(18)16-11-6-12(17(3)4)15-7-14-11/h5-7H,1-4H3,(H,14,15,16,18). The summed E-state index contributed by atoms with van der Waals surface area (Å²) in [4.78, 5) is 23.9. The lowest BCUT2D eigenvalue weighted by Crippen LogP contribution is -2.14. The molecule has 0 saturated heterocycles. The van der Waals surface area contributed by atoms with Gasteiger partial charge in [0, 0.05) is 25.0 Å². The molecular weight excluding hydrogens is 260 g/mol. The molecule has 0 aliphatic rings. The smallest absolute Gasteiger partial charge is 0.266 e. The highest BCUT2D eigenvalue weighted by Gasteiger charge is 2.11. The second-order valence-corrected chi connectivity index (χ2v) is 5.72. The van der Waals surface area contributed by atoms with Crippen molar-refractivity contribution >= 4 is 28.9 Å². The van der Waals surface area contributed by atoms with Crippen LogP contribution in [-0.2, 0) is 0 Å². The van der Waals surface area contributed by atoms with Crippen molar-refractivity contribution in [1.82, 2.24) is 9.97 Å². The van der Waals surface area contributed by atoms with Crippen molar-refractivity contribution in [2.24, 2.45) is 0 Å². The molecule has 2 heterocycles. The summed E-state index contributed by atoms with van der Waals surface area (Å²) in [5, 5.41) is 2.79. The first-order valence-corrected chi connectivity index (χ1v) is 6.67. The Morgan fingerprint density at radius 1 is 1.26 bits per heavy atom. The van der Waals surface area contributed by atoms with E-state index in [0.29, 0.717) is 10.7 Å². The largest absolute Gasteiger partial charge is 0.363 e. The lowest BCUT2D eigenvalue weighted by Gasteiger charge is -2.11. The van der Waals surface area contributed by atoms with Crippen molar-refractivity contribution < 1.29 is 4.79 Å². The van der Waals surface area contributed by atoms with Crippen LogP contribution in [0, 0.1) is 13.8 Å². The first-order valence-electron chi connectivity index (χ1n) is 5.85. The van der Waals surface area contributed by atoms with Gasteiger partial charge in [0.05, 0.1) is 4.88 Å². The number of carbonyl (C=O) groups excluding carboxylic acids is 1. The first-order chi connectivity index (χ1) is 8.97. The number of rotatable bonds is 3. The zero-order valence-electron chi connectivity index (χ0n) is 11.4. The molecule has 5 nitrogen and oxygen atoms in total. The van der Waals surface area contributed by atoms with Crippen LogP contribution < -0.4 is 10.2 Å². The zero-order chi connectivity index (χ0) is 14.0. The first kappa shape index (κ1) is 13.5. The van der Waals surface area contributed by atoms with Crippen LogP contribution in [0.4, 0.5) is 11.6 Å². The Balaban J connectivity index is 2.17. The SMILES string of the molecule is Cc1cc(C(=O)Nc2cc(N(C)C)ncn2)sc1C. The molecule has 0 spiro atoms. The molecule has 0 unspecified atom stereocenters. The van der Waals surface area contributed by atoms with Gasteiger partial charge in [0.15, 0.2) is 0 Å². The number of amides is 1. The number of anilines is 2. The molecule has 0 bridgehead atoms. The van der Waals surface area contributed by atoms with Crippen LogP contribution in [0.2, 0.25) is 0 Å². The summed E-state index contributed by atoms with van der Waals surface area (Å²) in [7, 11) is 3.78. The Hall–Kier alpha value is -1.95. The van der Waals surface area contributed by atoms with E-state index in [1.807, 2.05) is 38.9 Å². The third-order valence-corrected chi connectivity index (χ3v) is 3.89. The fraction of sp³-hybridized carbons (Fsp3) is 0.308. The van der Waals surface area contributed by atoms with Crippen LogP contribution in [0.3, 0.4) is 0 Å². The number of nitrogens with zero attached hydrogens (tertiary/aromatic N) is 3. The average molecular weight is 276 g/mol. The van der Waals surface area contributed by atoms with E-state index in [-0.39, 0.29) is 5.91 Å². The Bertz CT molecular complexity index is 587. The van der Waals surface area contributed by atoms with Crippen LogP contribution in [-0.4, -0.2) is 30.0 Å². The fourth-order valence-electron chi connectivity index (χ4n) is 1.52. The molecule has 0 saturated carbocycles. The van der Waals surface area contributed by atoms with Crippen molar-refractivity contribution in [1.29, 1.82) is 0 Å². The Morgan fingerprint density at radius 2 is 2.00 bits per heavy atom. The molecular formula is C13H16N4OS. The lowest BCUT2D eigenvalue weighted by atomic mass is 10.3. The molecule has 0 aliphatic carbocycles. The molecule has 19 heavy (non-hydrogen) atoms. The Labute approximate surface area is 116 Å². The molecule has 0 aliphatic heterocycles. The lowest BCUT2D eigenvalue weighted by molar-refractivity contribution is 0.103. The van der Waals surface area contributed by atoms with Crippen molar-refractivity contribution in [3.63, 3.8) is 0 Å². The van der Waals surface area contributed by atoms with E-state index < -0.39 is 0 Å².